The quantitative estimate of drug-likeness (QED) is 0.476. The van der Waals surface area contributed by atoms with Crippen molar-refractivity contribution in [1.29, 1.82) is 0 Å². The normalized spacial score (nSPS) is 11.1. The predicted octanol–water partition coefficient (Wildman–Crippen LogP) is 3.35. The molecule has 1 aromatic carbocycles. The number of nitrogens with zero attached hydrogens (tertiary/aromatic N) is 1. The summed E-state index contributed by atoms with van der Waals surface area (Å²) >= 11 is 5.99. The van der Waals surface area contributed by atoms with E-state index in [1.165, 1.54) is 0 Å². The number of ether oxygens (including phenoxy) is 1. The molecule has 4 nitrogen and oxygen atoms in total. The Kier molecular flexibility index (Phi) is 8.10. The summed E-state index contributed by atoms with van der Waals surface area (Å²) in [6, 6.07) is 5.36. The lowest BCUT2D eigenvalue weighted by atomic mass is 10.2. The molecule has 0 saturated carbocycles. The van der Waals surface area contributed by atoms with Crippen LogP contribution in [0.1, 0.15) is 13.8 Å². The van der Waals surface area contributed by atoms with E-state index < -0.39 is 0 Å². The lowest BCUT2D eigenvalue weighted by Gasteiger charge is -2.08. The van der Waals surface area contributed by atoms with Crippen LogP contribution < -0.4 is 15.8 Å². The zero-order valence-corrected chi connectivity index (χ0v) is 13.8. The van der Waals surface area contributed by atoms with Gasteiger partial charge < -0.3 is 15.8 Å². The van der Waals surface area contributed by atoms with Gasteiger partial charge in [-0.2, -0.15) is 0 Å². The van der Waals surface area contributed by atoms with Crippen LogP contribution in [0.15, 0.2) is 23.2 Å². The summed E-state index contributed by atoms with van der Waals surface area (Å²) in [6.07, 6.45) is 0. The van der Waals surface area contributed by atoms with Crippen molar-refractivity contribution in [1.82, 2.24) is 0 Å². The van der Waals surface area contributed by atoms with Gasteiger partial charge >= 0.3 is 0 Å². The SMILES string of the molecule is COc1ccc(NC(N)=NCC(C)C)cc1Cl.I. The summed E-state index contributed by atoms with van der Waals surface area (Å²) in [5.41, 5.74) is 6.53. The monoisotopic (exact) mass is 383 g/mol. The van der Waals surface area contributed by atoms with E-state index >= 15 is 0 Å². The summed E-state index contributed by atoms with van der Waals surface area (Å²) in [5, 5.41) is 3.51. The lowest BCUT2D eigenvalue weighted by molar-refractivity contribution is 0.415. The summed E-state index contributed by atoms with van der Waals surface area (Å²) in [6.45, 7) is 4.87. The number of rotatable bonds is 4. The van der Waals surface area contributed by atoms with Crippen molar-refractivity contribution in [3.8, 4) is 5.75 Å². The third-order valence-corrected chi connectivity index (χ3v) is 2.35. The number of aliphatic imine (C=N–C) groups is 1. The number of hydrogen-bond acceptors (Lipinski definition) is 2. The molecule has 1 aromatic rings. The van der Waals surface area contributed by atoms with Crippen molar-refractivity contribution in [3.05, 3.63) is 23.2 Å². The molecular weight excluding hydrogens is 365 g/mol. The van der Waals surface area contributed by atoms with Crippen LogP contribution in [-0.4, -0.2) is 19.6 Å². The first-order valence-electron chi connectivity index (χ1n) is 5.43. The number of methoxy groups -OCH3 is 1. The maximum absolute atomic E-state index is 5.99. The fourth-order valence-electron chi connectivity index (χ4n) is 1.21. The molecule has 0 unspecified atom stereocenters. The van der Waals surface area contributed by atoms with Crippen LogP contribution in [0.25, 0.3) is 0 Å². The third-order valence-electron chi connectivity index (χ3n) is 2.05. The smallest absolute Gasteiger partial charge is 0.193 e. The van der Waals surface area contributed by atoms with Crippen LogP contribution in [-0.2, 0) is 0 Å². The second kappa shape index (κ2) is 8.42. The minimum Gasteiger partial charge on any atom is -0.495 e. The van der Waals surface area contributed by atoms with Crippen molar-refractivity contribution in [2.45, 2.75) is 13.8 Å². The van der Waals surface area contributed by atoms with Crippen molar-refractivity contribution in [3.63, 3.8) is 0 Å². The van der Waals surface area contributed by atoms with Gasteiger partial charge in [-0.15, -0.1) is 24.0 Å². The van der Waals surface area contributed by atoms with Gasteiger partial charge in [0.15, 0.2) is 5.96 Å². The average Bonchev–Trinajstić information content (AvgIpc) is 2.26. The standard InChI is InChI=1S/C12H18ClN3O.HI/c1-8(2)7-15-12(14)16-9-4-5-11(17-3)10(13)6-9;/h4-6,8H,7H2,1-3H3,(H3,14,15,16);1H. The van der Waals surface area contributed by atoms with E-state index in [9.17, 15) is 0 Å². The van der Waals surface area contributed by atoms with E-state index in [2.05, 4.69) is 24.2 Å². The second-order valence-electron chi connectivity index (χ2n) is 4.09. The molecule has 0 fully saturated rings. The molecule has 3 N–H and O–H groups in total. The number of benzene rings is 1. The largest absolute Gasteiger partial charge is 0.495 e. The highest BCUT2D eigenvalue weighted by molar-refractivity contribution is 14.0. The highest BCUT2D eigenvalue weighted by Gasteiger charge is 2.02. The summed E-state index contributed by atoms with van der Waals surface area (Å²) in [4.78, 5) is 4.20. The fraction of sp³-hybridized carbons (Fsp3) is 0.417. The Morgan fingerprint density at radius 3 is 2.67 bits per heavy atom. The Morgan fingerprint density at radius 1 is 1.50 bits per heavy atom. The Hall–Kier alpha value is -0.690. The van der Waals surface area contributed by atoms with E-state index in [1.54, 1.807) is 19.2 Å². The van der Waals surface area contributed by atoms with Crippen molar-refractivity contribution in [2.24, 2.45) is 16.6 Å². The summed E-state index contributed by atoms with van der Waals surface area (Å²) < 4.78 is 5.06. The fourth-order valence-corrected chi connectivity index (χ4v) is 1.47. The predicted molar refractivity (Wildman–Crippen MR) is 88.4 cm³/mol. The summed E-state index contributed by atoms with van der Waals surface area (Å²) in [5.74, 6) is 1.50. The van der Waals surface area contributed by atoms with Gasteiger partial charge in [0.2, 0.25) is 0 Å². The Balaban J connectivity index is 0.00000289. The molecule has 0 aliphatic rings. The van der Waals surface area contributed by atoms with E-state index in [1.807, 2.05) is 6.07 Å². The molecule has 0 bridgehead atoms. The molecule has 0 aliphatic carbocycles. The third kappa shape index (κ3) is 5.77. The van der Waals surface area contributed by atoms with E-state index in [4.69, 9.17) is 22.1 Å². The molecule has 0 aromatic heterocycles. The van der Waals surface area contributed by atoms with Crippen LogP contribution in [0.2, 0.25) is 5.02 Å². The van der Waals surface area contributed by atoms with Gasteiger partial charge in [0.25, 0.3) is 0 Å². The molecule has 0 radical (unpaired) electrons. The van der Waals surface area contributed by atoms with Crippen molar-refractivity contribution in [2.75, 3.05) is 19.0 Å². The molecule has 18 heavy (non-hydrogen) atoms. The van der Waals surface area contributed by atoms with Crippen molar-refractivity contribution < 1.29 is 4.74 Å². The second-order valence-corrected chi connectivity index (χ2v) is 4.50. The minimum atomic E-state index is 0. The Labute approximate surface area is 130 Å². The first-order valence-corrected chi connectivity index (χ1v) is 5.81. The number of nitrogens with two attached hydrogens (primary N) is 1. The van der Waals surface area contributed by atoms with E-state index in [0.29, 0.717) is 29.2 Å². The van der Waals surface area contributed by atoms with Gasteiger partial charge in [0.1, 0.15) is 5.75 Å². The number of guanidine groups is 1. The van der Waals surface area contributed by atoms with Gasteiger partial charge in [0, 0.05) is 12.2 Å². The van der Waals surface area contributed by atoms with E-state index in [0.717, 1.165) is 5.69 Å². The molecule has 0 amide bonds. The van der Waals surface area contributed by atoms with E-state index in [-0.39, 0.29) is 24.0 Å². The molecule has 1 rings (SSSR count). The molecule has 0 aliphatic heterocycles. The zero-order chi connectivity index (χ0) is 12.8. The first-order chi connectivity index (χ1) is 8.02. The number of nitrogens with one attached hydrogen (secondary N) is 1. The molecular formula is C12H19ClIN3O. The van der Waals surface area contributed by atoms with Gasteiger partial charge in [-0.25, -0.2) is 0 Å². The number of anilines is 1. The number of hydrogen-bond donors (Lipinski definition) is 2. The van der Waals surface area contributed by atoms with Gasteiger partial charge in [-0.1, -0.05) is 25.4 Å². The molecule has 6 heteroatoms. The highest BCUT2D eigenvalue weighted by atomic mass is 127. The van der Waals surface area contributed by atoms with Gasteiger partial charge in [-0.05, 0) is 24.1 Å². The van der Waals surface area contributed by atoms with Crippen molar-refractivity contribution >= 4 is 47.2 Å². The average molecular weight is 384 g/mol. The topological polar surface area (TPSA) is 59.6 Å². The van der Waals surface area contributed by atoms with Crippen LogP contribution in [0.5, 0.6) is 5.75 Å². The molecule has 0 atom stereocenters. The molecule has 0 saturated heterocycles. The summed E-state index contributed by atoms with van der Waals surface area (Å²) in [7, 11) is 1.58. The number of halogens is 2. The Bertz CT molecular complexity index is 410. The van der Waals surface area contributed by atoms with Crippen LogP contribution in [0.4, 0.5) is 5.69 Å². The van der Waals surface area contributed by atoms with Crippen LogP contribution >= 0.6 is 35.6 Å². The maximum Gasteiger partial charge on any atom is 0.193 e. The highest BCUT2D eigenvalue weighted by Crippen LogP contribution is 2.26. The zero-order valence-electron chi connectivity index (χ0n) is 10.7. The molecule has 0 spiro atoms. The van der Waals surface area contributed by atoms with Gasteiger partial charge in [0.05, 0.1) is 12.1 Å². The molecule has 102 valence electrons. The van der Waals surface area contributed by atoms with Gasteiger partial charge in [-0.3, -0.25) is 4.99 Å². The minimum absolute atomic E-state index is 0. The Morgan fingerprint density at radius 2 is 2.17 bits per heavy atom. The lowest BCUT2D eigenvalue weighted by Crippen LogP contribution is -2.23. The maximum atomic E-state index is 5.99. The molecule has 0 heterocycles. The van der Waals surface area contributed by atoms with Crippen LogP contribution in [0, 0.1) is 5.92 Å². The van der Waals surface area contributed by atoms with Crippen LogP contribution in [0.3, 0.4) is 0 Å². The first kappa shape index (κ1) is 17.3.